The summed E-state index contributed by atoms with van der Waals surface area (Å²) in [7, 11) is 0. The molecule has 0 saturated carbocycles. The fourth-order valence-electron chi connectivity index (χ4n) is 0.811. The third kappa shape index (κ3) is 4.59. The molecule has 1 aromatic heterocycles. The fraction of sp³-hybridized carbons (Fsp3) is 0.625. The molecule has 0 aliphatic rings. The van der Waals surface area contributed by atoms with Crippen LogP contribution in [0.15, 0.2) is 0 Å². The second-order valence-electron chi connectivity index (χ2n) is 2.90. The molecular weight excluding hydrogens is 216 g/mol. The van der Waals surface area contributed by atoms with Gasteiger partial charge in [-0.05, 0) is 6.42 Å². The van der Waals surface area contributed by atoms with E-state index in [0.29, 0.717) is 17.7 Å². The van der Waals surface area contributed by atoms with E-state index in [9.17, 15) is 4.79 Å². The standard InChI is InChI=1S/C8H14N4O2S/c1-2-3-4-14-7-11-8(15-12-7)10-5-6(9)13/h2-5H2,1H3,(H2,9,13)(H,10,11,12). The third-order valence-corrected chi connectivity index (χ3v) is 2.21. The van der Waals surface area contributed by atoms with E-state index in [4.69, 9.17) is 10.5 Å². The number of ether oxygens (including phenoxy) is 1. The molecule has 1 aromatic rings. The zero-order valence-electron chi connectivity index (χ0n) is 8.52. The van der Waals surface area contributed by atoms with Crippen molar-refractivity contribution >= 4 is 22.6 Å². The Hall–Kier alpha value is -1.37. The second kappa shape index (κ2) is 6.18. The maximum absolute atomic E-state index is 10.5. The van der Waals surface area contributed by atoms with Crippen LogP contribution >= 0.6 is 11.5 Å². The lowest BCUT2D eigenvalue weighted by Gasteiger charge is -1.98. The molecule has 1 rings (SSSR count). The first-order valence-corrected chi connectivity index (χ1v) is 5.48. The number of nitrogens with one attached hydrogen (secondary N) is 1. The average Bonchev–Trinajstić information content (AvgIpc) is 2.63. The van der Waals surface area contributed by atoms with E-state index in [-0.39, 0.29) is 6.54 Å². The quantitative estimate of drug-likeness (QED) is 0.670. The number of nitrogens with two attached hydrogens (primary N) is 1. The molecule has 0 spiro atoms. The Bertz CT molecular complexity index is 315. The number of rotatable bonds is 7. The van der Waals surface area contributed by atoms with E-state index >= 15 is 0 Å². The fourth-order valence-corrected chi connectivity index (χ4v) is 1.32. The van der Waals surface area contributed by atoms with Gasteiger partial charge < -0.3 is 15.8 Å². The highest BCUT2D eigenvalue weighted by atomic mass is 32.1. The molecule has 7 heteroatoms. The minimum atomic E-state index is -0.432. The van der Waals surface area contributed by atoms with Crippen molar-refractivity contribution in [1.82, 2.24) is 9.36 Å². The summed E-state index contributed by atoms with van der Waals surface area (Å²) in [6, 6.07) is 0.348. The summed E-state index contributed by atoms with van der Waals surface area (Å²) in [6.07, 6.45) is 2.04. The SMILES string of the molecule is CCCCOc1nsc(NCC(N)=O)n1. The van der Waals surface area contributed by atoms with Gasteiger partial charge in [0.05, 0.1) is 13.2 Å². The van der Waals surface area contributed by atoms with Gasteiger partial charge in [-0.2, -0.15) is 4.98 Å². The Morgan fingerprint density at radius 3 is 3.13 bits per heavy atom. The number of anilines is 1. The van der Waals surface area contributed by atoms with Crippen molar-refractivity contribution in [2.24, 2.45) is 5.73 Å². The summed E-state index contributed by atoms with van der Waals surface area (Å²) in [4.78, 5) is 14.5. The van der Waals surface area contributed by atoms with Crippen LogP contribution in [-0.4, -0.2) is 28.4 Å². The molecule has 0 bridgehead atoms. The highest BCUT2D eigenvalue weighted by Gasteiger charge is 2.04. The first-order chi connectivity index (χ1) is 7.22. The van der Waals surface area contributed by atoms with E-state index in [0.717, 1.165) is 24.4 Å². The Balaban J connectivity index is 2.32. The van der Waals surface area contributed by atoms with Gasteiger partial charge in [-0.15, -0.1) is 4.37 Å². The monoisotopic (exact) mass is 230 g/mol. The zero-order chi connectivity index (χ0) is 11.1. The van der Waals surface area contributed by atoms with Gasteiger partial charge >= 0.3 is 6.01 Å². The molecule has 0 saturated heterocycles. The van der Waals surface area contributed by atoms with Gasteiger partial charge in [-0.25, -0.2) is 0 Å². The number of primary amides is 1. The zero-order valence-corrected chi connectivity index (χ0v) is 9.34. The van der Waals surface area contributed by atoms with Gasteiger partial charge in [0.15, 0.2) is 0 Å². The number of unbranched alkanes of at least 4 members (excludes halogenated alkanes) is 1. The smallest absolute Gasteiger partial charge is 0.330 e. The van der Waals surface area contributed by atoms with Crippen LogP contribution in [0.4, 0.5) is 5.13 Å². The largest absolute Gasteiger partial charge is 0.463 e. The van der Waals surface area contributed by atoms with Crippen LogP contribution in [0.5, 0.6) is 6.01 Å². The van der Waals surface area contributed by atoms with Gasteiger partial charge in [-0.3, -0.25) is 4.79 Å². The lowest BCUT2D eigenvalue weighted by molar-refractivity contribution is -0.116. The van der Waals surface area contributed by atoms with Gasteiger partial charge in [0.25, 0.3) is 0 Å². The van der Waals surface area contributed by atoms with Crippen molar-refractivity contribution in [2.45, 2.75) is 19.8 Å². The minimum Gasteiger partial charge on any atom is -0.463 e. The number of hydrogen-bond donors (Lipinski definition) is 2. The van der Waals surface area contributed by atoms with Crippen LogP contribution in [0.25, 0.3) is 0 Å². The number of hydrogen-bond acceptors (Lipinski definition) is 6. The Morgan fingerprint density at radius 2 is 2.47 bits per heavy atom. The molecule has 6 nitrogen and oxygen atoms in total. The number of aromatic nitrogens is 2. The van der Waals surface area contributed by atoms with Gasteiger partial charge in [0.2, 0.25) is 11.0 Å². The topological polar surface area (TPSA) is 90.1 Å². The molecule has 0 atom stereocenters. The maximum atomic E-state index is 10.5. The number of carbonyl (C=O) groups is 1. The second-order valence-corrected chi connectivity index (χ2v) is 3.66. The molecule has 0 aliphatic carbocycles. The van der Waals surface area contributed by atoms with Crippen molar-refractivity contribution in [3.63, 3.8) is 0 Å². The van der Waals surface area contributed by atoms with Crippen molar-refractivity contribution in [2.75, 3.05) is 18.5 Å². The number of carbonyl (C=O) groups excluding carboxylic acids is 1. The Morgan fingerprint density at radius 1 is 1.67 bits per heavy atom. The van der Waals surface area contributed by atoms with E-state index in [2.05, 4.69) is 21.6 Å². The highest BCUT2D eigenvalue weighted by Crippen LogP contribution is 2.15. The molecule has 0 fully saturated rings. The van der Waals surface area contributed by atoms with Crippen LogP contribution in [-0.2, 0) is 4.79 Å². The number of nitrogens with zero attached hydrogens (tertiary/aromatic N) is 2. The first-order valence-electron chi connectivity index (χ1n) is 4.71. The highest BCUT2D eigenvalue weighted by molar-refractivity contribution is 7.09. The lowest BCUT2D eigenvalue weighted by Crippen LogP contribution is -2.21. The molecule has 0 unspecified atom stereocenters. The van der Waals surface area contributed by atoms with E-state index < -0.39 is 5.91 Å². The predicted molar refractivity (Wildman–Crippen MR) is 58.0 cm³/mol. The predicted octanol–water partition coefficient (Wildman–Crippen LogP) is 0.614. The first kappa shape index (κ1) is 11.7. The van der Waals surface area contributed by atoms with E-state index in [1.54, 1.807) is 0 Å². The van der Waals surface area contributed by atoms with Crippen LogP contribution in [0.1, 0.15) is 19.8 Å². The summed E-state index contributed by atoms with van der Waals surface area (Å²) in [5, 5.41) is 3.29. The maximum Gasteiger partial charge on any atom is 0.330 e. The molecular formula is C8H14N4O2S. The molecule has 0 aliphatic heterocycles. The third-order valence-electron chi connectivity index (χ3n) is 1.55. The Labute approximate surface area is 92.0 Å². The van der Waals surface area contributed by atoms with Crippen LogP contribution in [0, 0.1) is 0 Å². The van der Waals surface area contributed by atoms with E-state index in [1.807, 2.05) is 0 Å². The molecule has 3 N–H and O–H groups in total. The molecule has 0 radical (unpaired) electrons. The average molecular weight is 230 g/mol. The summed E-state index contributed by atoms with van der Waals surface area (Å²) in [6.45, 7) is 2.75. The molecule has 1 amide bonds. The summed E-state index contributed by atoms with van der Waals surface area (Å²) >= 11 is 1.14. The van der Waals surface area contributed by atoms with Crippen molar-refractivity contribution in [3.8, 4) is 6.01 Å². The normalized spacial score (nSPS) is 9.93. The molecule has 0 aromatic carbocycles. The molecule has 1 heterocycles. The van der Waals surface area contributed by atoms with Crippen LogP contribution in [0.2, 0.25) is 0 Å². The van der Waals surface area contributed by atoms with Gasteiger partial charge in [0, 0.05) is 11.5 Å². The van der Waals surface area contributed by atoms with Crippen molar-refractivity contribution in [1.29, 1.82) is 0 Å². The van der Waals surface area contributed by atoms with Crippen LogP contribution < -0.4 is 15.8 Å². The molecule has 84 valence electrons. The molecule has 15 heavy (non-hydrogen) atoms. The number of amides is 1. The summed E-state index contributed by atoms with van der Waals surface area (Å²) in [5.74, 6) is -0.432. The van der Waals surface area contributed by atoms with Crippen molar-refractivity contribution in [3.05, 3.63) is 0 Å². The Kier molecular flexibility index (Phi) is 4.82. The minimum absolute atomic E-state index is 0.0591. The van der Waals surface area contributed by atoms with E-state index in [1.165, 1.54) is 0 Å². The van der Waals surface area contributed by atoms with Gasteiger partial charge in [0.1, 0.15) is 0 Å². The lowest BCUT2D eigenvalue weighted by atomic mass is 10.4. The van der Waals surface area contributed by atoms with Gasteiger partial charge in [-0.1, -0.05) is 13.3 Å². The summed E-state index contributed by atoms with van der Waals surface area (Å²) in [5.41, 5.74) is 4.97. The summed E-state index contributed by atoms with van der Waals surface area (Å²) < 4.78 is 9.23. The van der Waals surface area contributed by atoms with Crippen LogP contribution in [0.3, 0.4) is 0 Å². The van der Waals surface area contributed by atoms with Crippen molar-refractivity contribution < 1.29 is 9.53 Å².